The molecule has 3 aromatic rings. The number of benzene rings is 1. The number of hydrogen-bond donors (Lipinski definition) is 4. The molecule has 0 unspecified atom stereocenters. The fourth-order valence-corrected chi connectivity index (χ4v) is 6.74. The van der Waals surface area contributed by atoms with Crippen LogP contribution in [0.5, 0.6) is 0 Å². The SMILES string of the molecule is COC(=O)N[C@@H](C(=O)N1CCC[C@@H]1c1ncc(C=CC=Cc2ccc(-c3cnc([C@H]4CCCN4C(=O)[C@H](NC(=O)OC)C(C)C)[nH]3)cc2)[nH]1)C(C)C. The van der Waals surface area contributed by atoms with Crippen molar-refractivity contribution in [3.8, 4) is 11.3 Å². The van der Waals surface area contributed by atoms with Crippen molar-refractivity contribution in [2.75, 3.05) is 27.3 Å². The zero-order valence-electron chi connectivity index (χ0n) is 30.7. The van der Waals surface area contributed by atoms with Crippen molar-refractivity contribution in [1.29, 1.82) is 0 Å². The van der Waals surface area contributed by atoms with Crippen LogP contribution in [0.2, 0.25) is 0 Å². The first-order chi connectivity index (χ1) is 25.0. The van der Waals surface area contributed by atoms with Crippen LogP contribution in [0.1, 0.15) is 88.4 Å². The number of methoxy groups -OCH3 is 2. The summed E-state index contributed by atoms with van der Waals surface area (Å²) in [4.78, 5) is 70.2. The molecule has 52 heavy (non-hydrogen) atoms. The number of nitrogens with one attached hydrogen (secondary N) is 4. The molecule has 278 valence electrons. The first-order valence-electron chi connectivity index (χ1n) is 17.9. The maximum Gasteiger partial charge on any atom is 0.407 e. The minimum Gasteiger partial charge on any atom is -0.453 e. The highest BCUT2D eigenvalue weighted by atomic mass is 16.5. The van der Waals surface area contributed by atoms with Crippen LogP contribution in [-0.2, 0) is 19.1 Å². The lowest BCUT2D eigenvalue weighted by molar-refractivity contribution is -0.136. The number of H-pyrrole nitrogens is 2. The molecule has 4 atom stereocenters. The summed E-state index contributed by atoms with van der Waals surface area (Å²) >= 11 is 0. The third kappa shape index (κ3) is 8.90. The van der Waals surface area contributed by atoms with Crippen molar-refractivity contribution in [3.63, 3.8) is 0 Å². The topological polar surface area (TPSA) is 175 Å². The van der Waals surface area contributed by atoms with Crippen LogP contribution < -0.4 is 10.6 Å². The Labute approximate surface area is 304 Å². The normalized spacial score (nSPS) is 18.8. The number of alkyl carbamates (subject to hydrolysis) is 2. The summed E-state index contributed by atoms with van der Waals surface area (Å²) in [5.74, 6) is 0.958. The van der Waals surface area contributed by atoms with E-state index in [1.807, 2.05) is 76.3 Å². The minimum absolute atomic E-state index is 0.0984. The molecule has 0 bridgehead atoms. The zero-order valence-corrected chi connectivity index (χ0v) is 30.7. The number of carbonyl (C=O) groups excluding carboxylic acids is 4. The van der Waals surface area contributed by atoms with Crippen molar-refractivity contribution in [2.45, 2.75) is 77.5 Å². The summed E-state index contributed by atoms with van der Waals surface area (Å²) in [6, 6.07) is 6.34. The van der Waals surface area contributed by atoms with Crippen LogP contribution >= 0.6 is 0 Å². The van der Waals surface area contributed by atoms with Gasteiger partial charge >= 0.3 is 12.2 Å². The van der Waals surface area contributed by atoms with E-state index in [9.17, 15) is 19.2 Å². The lowest BCUT2D eigenvalue weighted by atomic mass is 10.0. The maximum atomic E-state index is 13.5. The summed E-state index contributed by atoms with van der Waals surface area (Å²) in [6.45, 7) is 8.77. The molecule has 2 fully saturated rings. The monoisotopic (exact) mass is 714 g/mol. The van der Waals surface area contributed by atoms with E-state index in [1.54, 1.807) is 22.2 Å². The summed E-state index contributed by atoms with van der Waals surface area (Å²) in [5, 5.41) is 5.36. The van der Waals surface area contributed by atoms with Gasteiger partial charge in [0.2, 0.25) is 11.8 Å². The van der Waals surface area contributed by atoms with Crippen LogP contribution in [0.4, 0.5) is 9.59 Å². The predicted molar refractivity (Wildman–Crippen MR) is 196 cm³/mol. The Morgan fingerprint density at radius 2 is 1.25 bits per heavy atom. The Morgan fingerprint density at radius 1 is 0.750 bits per heavy atom. The van der Waals surface area contributed by atoms with E-state index in [4.69, 9.17) is 9.47 Å². The van der Waals surface area contributed by atoms with Gasteiger partial charge in [0, 0.05) is 13.1 Å². The molecule has 14 heteroatoms. The number of aromatic nitrogens is 4. The Kier molecular flexibility index (Phi) is 12.5. The van der Waals surface area contributed by atoms with E-state index in [-0.39, 0.29) is 35.7 Å². The molecule has 2 aromatic heterocycles. The average Bonchev–Trinajstić information content (AvgIpc) is 3.97. The first kappa shape index (κ1) is 37.8. The first-order valence-corrected chi connectivity index (χ1v) is 17.9. The van der Waals surface area contributed by atoms with Crippen molar-refractivity contribution in [1.82, 2.24) is 40.4 Å². The van der Waals surface area contributed by atoms with Crippen LogP contribution in [0.25, 0.3) is 23.4 Å². The van der Waals surface area contributed by atoms with Crippen molar-refractivity contribution >= 4 is 36.2 Å². The van der Waals surface area contributed by atoms with Crippen molar-refractivity contribution in [2.24, 2.45) is 11.8 Å². The van der Waals surface area contributed by atoms with Gasteiger partial charge in [0.25, 0.3) is 0 Å². The molecule has 0 aliphatic carbocycles. The number of allylic oxidation sites excluding steroid dienone is 2. The number of hydrogen-bond acceptors (Lipinski definition) is 8. The lowest BCUT2D eigenvalue weighted by Crippen LogP contribution is -2.51. The van der Waals surface area contributed by atoms with Crippen molar-refractivity contribution < 1.29 is 28.7 Å². The number of aromatic amines is 2. The van der Waals surface area contributed by atoms with E-state index >= 15 is 0 Å². The molecule has 4 amide bonds. The van der Waals surface area contributed by atoms with Crippen LogP contribution in [0.15, 0.2) is 48.8 Å². The van der Waals surface area contributed by atoms with E-state index in [0.29, 0.717) is 13.1 Å². The van der Waals surface area contributed by atoms with Gasteiger partial charge in [-0.25, -0.2) is 19.6 Å². The zero-order chi connectivity index (χ0) is 37.4. The van der Waals surface area contributed by atoms with Crippen molar-refractivity contribution in [3.05, 3.63) is 71.7 Å². The standard InChI is InChI=1S/C38H50N8O6/c1-23(2)31(43-37(49)51-5)35(47)45-19-9-13-29(45)33-39-21-27(41-33)12-8-7-11-25-15-17-26(18-16-25)28-22-40-34(42-28)30-14-10-20-46(30)36(48)32(24(3)4)44-38(50)52-6/h7-8,11-12,15-18,21-24,29-32H,9-10,13-14,19-20H2,1-6H3,(H,39,41)(H,40,42)(H,43,49)(H,44,50)/t29-,30-,31-,32-/m1/s1. The molecular weight excluding hydrogens is 664 g/mol. The molecule has 0 radical (unpaired) electrons. The summed E-state index contributed by atoms with van der Waals surface area (Å²) in [5.41, 5.74) is 3.67. The second-order valence-electron chi connectivity index (χ2n) is 13.8. The molecule has 14 nitrogen and oxygen atoms in total. The number of nitrogens with zero attached hydrogens (tertiary/aromatic N) is 4. The van der Waals surface area contributed by atoms with Gasteiger partial charge in [-0.2, -0.15) is 0 Å². The van der Waals surface area contributed by atoms with Gasteiger partial charge in [-0.3, -0.25) is 9.59 Å². The minimum atomic E-state index is -0.683. The van der Waals surface area contributed by atoms with Crippen LogP contribution in [0, 0.1) is 11.8 Å². The Hall–Kier alpha value is -5.40. The van der Waals surface area contributed by atoms with Gasteiger partial charge in [-0.15, -0.1) is 0 Å². The van der Waals surface area contributed by atoms with Gasteiger partial charge in [-0.05, 0) is 54.7 Å². The molecule has 5 rings (SSSR count). The number of rotatable bonds is 12. The molecule has 2 saturated heterocycles. The molecule has 0 spiro atoms. The maximum absolute atomic E-state index is 13.5. The van der Waals surface area contributed by atoms with E-state index in [1.165, 1.54) is 14.2 Å². The summed E-state index contributed by atoms with van der Waals surface area (Å²) in [6.07, 6.45) is 13.4. The highest BCUT2D eigenvalue weighted by molar-refractivity contribution is 5.87. The molecule has 1 aromatic carbocycles. The predicted octanol–water partition coefficient (Wildman–Crippen LogP) is 5.61. The molecule has 2 aliphatic heterocycles. The second-order valence-corrected chi connectivity index (χ2v) is 13.8. The van der Waals surface area contributed by atoms with Gasteiger partial charge in [-0.1, -0.05) is 70.2 Å². The van der Waals surface area contributed by atoms with Gasteiger partial charge in [0.05, 0.1) is 50.1 Å². The number of amides is 4. The number of ether oxygens (including phenoxy) is 2. The Bertz CT molecular complexity index is 1760. The smallest absolute Gasteiger partial charge is 0.407 e. The quantitative estimate of drug-likeness (QED) is 0.175. The fourth-order valence-electron chi connectivity index (χ4n) is 6.74. The number of imidazole rings is 2. The Morgan fingerprint density at radius 3 is 1.77 bits per heavy atom. The highest BCUT2D eigenvalue weighted by Crippen LogP contribution is 2.33. The molecule has 4 N–H and O–H groups in total. The third-order valence-electron chi connectivity index (χ3n) is 9.59. The summed E-state index contributed by atoms with van der Waals surface area (Å²) < 4.78 is 9.46. The summed E-state index contributed by atoms with van der Waals surface area (Å²) in [7, 11) is 2.57. The van der Waals surface area contributed by atoms with E-state index in [0.717, 1.165) is 59.8 Å². The highest BCUT2D eigenvalue weighted by Gasteiger charge is 2.38. The van der Waals surface area contributed by atoms with Crippen LogP contribution in [0.3, 0.4) is 0 Å². The molecular formula is C38H50N8O6. The fraction of sp³-hybridized carbons (Fsp3) is 0.474. The largest absolute Gasteiger partial charge is 0.453 e. The van der Waals surface area contributed by atoms with Gasteiger partial charge in [0.1, 0.15) is 23.7 Å². The molecule has 4 heterocycles. The molecule has 2 aliphatic rings. The lowest BCUT2D eigenvalue weighted by Gasteiger charge is -2.30. The number of carbonyl (C=O) groups is 4. The third-order valence-corrected chi connectivity index (χ3v) is 9.59. The van der Waals surface area contributed by atoms with Gasteiger partial charge in [0.15, 0.2) is 0 Å². The molecule has 0 saturated carbocycles. The Balaban J connectivity index is 1.18. The van der Waals surface area contributed by atoms with Gasteiger partial charge < -0.3 is 39.9 Å². The average molecular weight is 715 g/mol. The number of likely N-dealkylation sites (tertiary alicyclic amines) is 2. The second kappa shape index (κ2) is 17.2. The van der Waals surface area contributed by atoms with E-state index in [2.05, 4.69) is 30.6 Å². The van der Waals surface area contributed by atoms with E-state index < -0.39 is 24.3 Å². The van der Waals surface area contributed by atoms with Crippen LogP contribution in [-0.4, -0.2) is 93.1 Å².